The van der Waals surface area contributed by atoms with Gasteiger partial charge in [0.05, 0.1) is 23.5 Å². The van der Waals surface area contributed by atoms with Crippen molar-refractivity contribution < 1.29 is 9.53 Å². The van der Waals surface area contributed by atoms with Crippen LogP contribution < -0.4 is 5.32 Å². The summed E-state index contributed by atoms with van der Waals surface area (Å²) < 4.78 is 5.78. The second-order valence-electron chi connectivity index (χ2n) is 5.97. The fraction of sp³-hybridized carbons (Fsp3) is 0.368. The van der Waals surface area contributed by atoms with E-state index in [4.69, 9.17) is 4.74 Å². The molecular formula is C19H23N3O2S. The standard InChI is InChI=1S/C19H23N3O2S/c23-18(15-25-19-8-4-5-9-20-19)21-12-17-14-22(10-11-24-17)13-16-6-2-1-3-7-16/h1-9,17H,10-15H2,(H,21,23). The molecule has 0 radical (unpaired) electrons. The molecule has 0 aliphatic carbocycles. The zero-order valence-corrected chi connectivity index (χ0v) is 15.0. The molecule has 5 nitrogen and oxygen atoms in total. The number of nitrogens with zero attached hydrogens (tertiary/aromatic N) is 2. The summed E-state index contributed by atoms with van der Waals surface area (Å²) in [7, 11) is 0. The number of nitrogens with one attached hydrogen (secondary N) is 1. The highest BCUT2D eigenvalue weighted by Gasteiger charge is 2.21. The molecule has 25 heavy (non-hydrogen) atoms. The van der Waals surface area contributed by atoms with Gasteiger partial charge in [-0.25, -0.2) is 4.98 Å². The molecule has 6 heteroatoms. The third kappa shape index (κ3) is 6.16. The Morgan fingerprint density at radius 3 is 2.88 bits per heavy atom. The van der Waals surface area contributed by atoms with Crippen molar-refractivity contribution in [3.63, 3.8) is 0 Å². The van der Waals surface area contributed by atoms with Crippen molar-refractivity contribution in [1.29, 1.82) is 0 Å². The molecule has 1 saturated heterocycles. The number of benzene rings is 1. The van der Waals surface area contributed by atoms with Gasteiger partial charge in [-0.2, -0.15) is 0 Å². The van der Waals surface area contributed by atoms with E-state index in [1.165, 1.54) is 17.3 Å². The predicted octanol–water partition coefficient (Wildman–Crippen LogP) is 2.19. The number of pyridine rings is 1. The smallest absolute Gasteiger partial charge is 0.230 e. The summed E-state index contributed by atoms with van der Waals surface area (Å²) in [5.74, 6) is 0.386. The SMILES string of the molecule is O=C(CSc1ccccn1)NCC1CN(Cc2ccccc2)CCO1. The van der Waals surface area contributed by atoms with Crippen molar-refractivity contribution in [2.24, 2.45) is 0 Å². The summed E-state index contributed by atoms with van der Waals surface area (Å²) >= 11 is 1.44. The summed E-state index contributed by atoms with van der Waals surface area (Å²) in [6, 6.07) is 16.1. The molecule has 1 fully saturated rings. The summed E-state index contributed by atoms with van der Waals surface area (Å²) in [5, 5.41) is 3.83. The second-order valence-corrected chi connectivity index (χ2v) is 6.97. The molecule has 1 aromatic heterocycles. The van der Waals surface area contributed by atoms with Gasteiger partial charge in [0.25, 0.3) is 0 Å². The van der Waals surface area contributed by atoms with Crippen LogP contribution in [0.25, 0.3) is 0 Å². The Morgan fingerprint density at radius 1 is 1.24 bits per heavy atom. The lowest BCUT2D eigenvalue weighted by atomic mass is 10.2. The van der Waals surface area contributed by atoms with E-state index in [2.05, 4.69) is 39.5 Å². The zero-order valence-electron chi connectivity index (χ0n) is 14.1. The van der Waals surface area contributed by atoms with Crippen molar-refractivity contribution in [3.8, 4) is 0 Å². The van der Waals surface area contributed by atoms with E-state index in [0.717, 1.165) is 24.7 Å². The summed E-state index contributed by atoms with van der Waals surface area (Å²) in [6.07, 6.45) is 1.78. The summed E-state index contributed by atoms with van der Waals surface area (Å²) in [6.45, 7) is 3.94. The minimum absolute atomic E-state index is 0.0134. The highest BCUT2D eigenvalue weighted by atomic mass is 32.2. The topological polar surface area (TPSA) is 54.5 Å². The van der Waals surface area contributed by atoms with Crippen molar-refractivity contribution in [2.45, 2.75) is 17.7 Å². The van der Waals surface area contributed by atoms with Gasteiger partial charge in [-0.3, -0.25) is 9.69 Å². The van der Waals surface area contributed by atoms with E-state index in [1.54, 1.807) is 6.20 Å². The fourth-order valence-corrected chi connectivity index (χ4v) is 3.43. The van der Waals surface area contributed by atoms with E-state index < -0.39 is 0 Å². The van der Waals surface area contributed by atoms with Gasteiger partial charge in [0.1, 0.15) is 0 Å². The van der Waals surface area contributed by atoms with Gasteiger partial charge in [-0.15, -0.1) is 0 Å². The molecule has 1 aromatic carbocycles. The number of hydrogen-bond donors (Lipinski definition) is 1. The molecule has 0 spiro atoms. The molecule has 1 aliphatic rings. The summed E-state index contributed by atoms with van der Waals surface area (Å²) in [5.41, 5.74) is 1.30. The van der Waals surface area contributed by atoms with Crippen molar-refractivity contribution >= 4 is 17.7 Å². The van der Waals surface area contributed by atoms with Gasteiger partial charge in [0.15, 0.2) is 0 Å². The number of amides is 1. The van der Waals surface area contributed by atoms with Crippen LogP contribution in [-0.4, -0.2) is 53.9 Å². The number of ether oxygens (including phenoxy) is 1. The highest BCUT2D eigenvalue weighted by molar-refractivity contribution is 7.99. The average molecular weight is 357 g/mol. The molecule has 1 N–H and O–H groups in total. The number of carbonyl (C=O) groups excluding carboxylic acids is 1. The molecule has 2 heterocycles. The van der Waals surface area contributed by atoms with Gasteiger partial charge in [0.2, 0.25) is 5.91 Å². The molecular weight excluding hydrogens is 334 g/mol. The van der Waals surface area contributed by atoms with Gasteiger partial charge in [0, 0.05) is 32.4 Å². The maximum absolute atomic E-state index is 12.0. The Bertz CT molecular complexity index is 654. The summed E-state index contributed by atoms with van der Waals surface area (Å²) in [4.78, 5) is 18.6. The van der Waals surface area contributed by atoms with Crippen LogP contribution in [0.1, 0.15) is 5.56 Å². The van der Waals surface area contributed by atoms with Crippen LogP contribution >= 0.6 is 11.8 Å². The number of aromatic nitrogens is 1. The Kier molecular flexibility index (Phi) is 6.85. The number of carbonyl (C=O) groups is 1. The molecule has 0 bridgehead atoms. The molecule has 132 valence electrons. The van der Waals surface area contributed by atoms with E-state index in [-0.39, 0.29) is 12.0 Å². The van der Waals surface area contributed by atoms with E-state index in [1.807, 2.05) is 24.3 Å². The van der Waals surface area contributed by atoms with Crippen LogP contribution in [0.2, 0.25) is 0 Å². The second kappa shape index (κ2) is 9.56. The lowest BCUT2D eigenvalue weighted by Crippen LogP contribution is -2.47. The third-order valence-electron chi connectivity index (χ3n) is 3.99. The monoisotopic (exact) mass is 357 g/mol. The lowest BCUT2D eigenvalue weighted by Gasteiger charge is -2.33. The molecule has 0 saturated carbocycles. The minimum Gasteiger partial charge on any atom is -0.374 e. The van der Waals surface area contributed by atoms with Crippen LogP contribution in [0, 0.1) is 0 Å². The Balaban J connectivity index is 1.38. The Labute approximate surface area is 152 Å². The van der Waals surface area contributed by atoms with E-state index in [9.17, 15) is 4.79 Å². The third-order valence-corrected chi connectivity index (χ3v) is 4.93. The zero-order chi connectivity index (χ0) is 17.3. The number of rotatable bonds is 7. The molecule has 2 aromatic rings. The quantitative estimate of drug-likeness (QED) is 0.770. The van der Waals surface area contributed by atoms with Crippen molar-refractivity contribution in [2.75, 3.05) is 32.0 Å². The first-order chi connectivity index (χ1) is 12.3. The maximum atomic E-state index is 12.0. The van der Waals surface area contributed by atoms with E-state index in [0.29, 0.717) is 18.9 Å². The molecule has 1 amide bonds. The van der Waals surface area contributed by atoms with Crippen LogP contribution in [0.4, 0.5) is 0 Å². The number of thioether (sulfide) groups is 1. The van der Waals surface area contributed by atoms with Gasteiger partial charge in [-0.05, 0) is 17.7 Å². The Morgan fingerprint density at radius 2 is 2.08 bits per heavy atom. The molecule has 1 aliphatic heterocycles. The van der Waals surface area contributed by atoms with Gasteiger partial charge in [-0.1, -0.05) is 48.2 Å². The maximum Gasteiger partial charge on any atom is 0.230 e. The average Bonchev–Trinajstić information content (AvgIpc) is 2.67. The molecule has 1 unspecified atom stereocenters. The van der Waals surface area contributed by atoms with Gasteiger partial charge < -0.3 is 10.1 Å². The van der Waals surface area contributed by atoms with Crippen molar-refractivity contribution in [1.82, 2.24) is 15.2 Å². The highest BCUT2D eigenvalue weighted by Crippen LogP contribution is 2.13. The van der Waals surface area contributed by atoms with Crippen LogP contribution in [-0.2, 0) is 16.1 Å². The first kappa shape index (κ1) is 17.9. The number of hydrogen-bond acceptors (Lipinski definition) is 5. The Hall–Kier alpha value is -1.89. The molecule has 3 rings (SSSR count). The van der Waals surface area contributed by atoms with Gasteiger partial charge >= 0.3 is 0 Å². The predicted molar refractivity (Wildman–Crippen MR) is 99.4 cm³/mol. The van der Waals surface area contributed by atoms with Crippen LogP contribution in [0.3, 0.4) is 0 Å². The first-order valence-electron chi connectivity index (χ1n) is 8.48. The normalized spacial score (nSPS) is 18.0. The van der Waals surface area contributed by atoms with Crippen LogP contribution in [0.5, 0.6) is 0 Å². The van der Waals surface area contributed by atoms with Crippen molar-refractivity contribution in [3.05, 3.63) is 60.3 Å². The largest absolute Gasteiger partial charge is 0.374 e. The minimum atomic E-state index is 0.0134. The lowest BCUT2D eigenvalue weighted by molar-refractivity contribution is -0.119. The molecule has 1 atom stereocenters. The first-order valence-corrected chi connectivity index (χ1v) is 9.46. The number of morpholine rings is 1. The van der Waals surface area contributed by atoms with E-state index >= 15 is 0 Å². The fourth-order valence-electron chi connectivity index (χ4n) is 2.74. The van der Waals surface area contributed by atoms with Crippen LogP contribution in [0.15, 0.2) is 59.8 Å².